The molecule has 1 aliphatic rings. The lowest BCUT2D eigenvalue weighted by Crippen LogP contribution is -2.47. The number of alkyl halides is 1. The number of amides is 2. The normalized spacial score (nSPS) is 17.0. The van der Waals surface area contributed by atoms with E-state index in [-0.39, 0.29) is 24.5 Å². The fourth-order valence-electron chi connectivity index (χ4n) is 3.58. The van der Waals surface area contributed by atoms with Crippen LogP contribution >= 0.6 is 22.9 Å². The van der Waals surface area contributed by atoms with Crippen molar-refractivity contribution in [2.45, 2.75) is 51.3 Å². The SMILES string of the molecule is Cc1ccc(CN(Cc2ccccc2)C(=O)CN(CC2CCCO2)C(=O)C(C)Cl)s1. The first-order valence-electron chi connectivity index (χ1n) is 10.3. The van der Waals surface area contributed by atoms with Gasteiger partial charge in [-0.05, 0) is 44.4 Å². The lowest BCUT2D eigenvalue weighted by atomic mass is 10.2. The zero-order chi connectivity index (χ0) is 21.5. The second-order valence-electron chi connectivity index (χ2n) is 7.72. The van der Waals surface area contributed by atoms with E-state index in [2.05, 4.69) is 19.1 Å². The third-order valence-corrected chi connectivity index (χ3v) is 6.31. The maximum absolute atomic E-state index is 13.3. The highest BCUT2D eigenvalue weighted by atomic mass is 35.5. The summed E-state index contributed by atoms with van der Waals surface area (Å²) in [6.45, 7) is 5.83. The molecule has 2 aromatic rings. The Kier molecular flexibility index (Phi) is 8.31. The number of hydrogen-bond donors (Lipinski definition) is 0. The van der Waals surface area contributed by atoms with Gasteiger partial charge in [-0.15, -0.1) is 22.9 Å². The fourth-order valence-corrected chi connectivity index (χ4v) is 4.62. The predicted molar refractivity (Wildman–Crippen MR) is 121 cm³/mol. The fraction of sp³-hybridized carbons (Fsp3) is 0.478. The number of thiophene rings is 1. The van der Waals surface area contributed by atoms with Crippen molar-refractivity contribution in [2.75, 3.05) is 19.7 Å². The largest absolute Gasteiger partial charge is 0.376 e. The molecule has 2 unspecified atom stereocenters. The standard InChI is InChI=1S/C23H29ClN2O3S/c1-17-10-11-21(30-17)15-25(13-19-7-4-3-5-8-19)22(27)16-26(23(28)18(2)24)14-20-9-6-12-29-20/h3-5,7-8,10-11,18,20H,6,9,12-16H2,1-2H3. The van der Waals surface area contributed by atoms with Gasteiger partial charge in [0, 0.05) is 29.5 Å². The monoisotopic (exact) mass is 448 g/mol. The second kappa shape index (κ2) is 10.9. The minimum atomic E-state index is -0.679. The van der Waals surface area contributed by atoms with Gasteiger partial charge in [0.1, 0.15) is 5.38 Å². The molecule has 1 aromatic heterocycles. The average Bonchev–Trinajstić information content (AvgIpc) is 3.38. The summed E-state index contributed by atoms with van der Waals surface area (Å²) in [5.74, 6) is -0.319. The molecule has 1 aromatic carbocycles. The number of aryl methyl sites for hydroxylation is 1. The van der Waals surface area contributed by atoms with E-state index < -0.39 is 5.38 Å². The van der Waals surface area contributed by atoms with Crippen LogP contribution in [0.3, 0.4) is 0 Å². The number of halogens is 1. The minimum Gasteiger partial charge on any atom is -0.376 e. The van der Waals surface area contributed by atoms with Gasteiger partial charge in [-0.1, -0.05) is 30.3 Å². The molecule has 2 heterocycles. The van der Waals surface area contributed by atoms with Crippen LogP contribution in [0, 0.1) is 6.92 Å². The first-order chi connectivity index (χ1) is 14.4. The topological polar surface area (TPSA) is 49.9 Å². The van der Waals surface area contributed by atoms with Crippen LogP contribution in [0.5, 0.6) is 0 Å². The summed E-state index contributed by atoms with van der Waals surface area (Å²) in [6, 6.07) is 14.0. The molecule has 5 nitrogen and oxygen atoms in total. The van der Waals surface area contributed by atoms with Crippen molar-refractivity contribution in [2.24, 2.45) is 0 Å². The molecule has 0 spiro atoms. The first-order valence-corrected chi connectivity index (χ1v) is 11.6. The van der Waals surface area contributed by atoms with E-state index in [4.69, 9.17) is 16.3 Å². The zero-order valence-corrected chi connectivity index (χ0v) is 19.1. The van der Waals surface area contributed by atoms with Gasteiger partial charge in [-0.2, -0.15) is 0 Å². The summed E-state index contributed by atoms with van der Waals surface area (Å²) in [5.41, 5.74) is 1.06. The predicted octanol–water partition coefficient (Wildman–Crippen LogP) is 4.22. The number of ether oxygens (including phenoxy) is 1. The smallest absolute Gasteiger partial charge is 0.242 e. The van der Waals surface area contributed by atoms with Crippen LogP contribution in [0.1, 0.15) is 35.1 Å². The van der Waals surface area contributed by atoms with Crippen molar-refractivity contribution >= 4 is 34.8 Å². The molecule has 0 radical (unpaired) electrons. The summed E-state index contributed by atoms with van der Waals surface area (Å²) in [4.78, 5) is 31.7. The molecule has 2 amide bonds. The number of carbonyl (C=O) groups is 2. The van der Waals surface area contributed by atoms with Crippen LogP contribution in [0.2, 0.25) is 0 Å². The van der Waals surface area contributed by atoms with E-state index >= 15 is 0 Å². The van der Waals surface area contributed by atoms with E-state index in [1.807, 2.05) is 35.2 Å². The van der Waals surface area contributed by atoms with Gasteiger partial charge in [0.25, 0.3) is 0 Å². The van der Waals surface area contributed by atoms with E-state index in [1.54, 1.807) is 23.2 Å². The summed E-state index contributed by atoms with van der Waals surface area (Å²) in [7, 11) is 0. The summed E-state index contributed by atoms with van der Waals surface area (Å²) in [6.07, 6.45) is 1.85. The highest BCUT2D eigenvalue weighted by Crippen LogP contribution is 2.20. The van der Waals surface area contributed by atoms with Gasteiger partial charge in [0.05, 0.1) is 19.2 Å². The van der Waals surface area contributed by atoms with E-state index in [1.165, 1.54) is 4.88 Å². The molecule has 1 saturated heterocycles. The third kappa shape index (κ3) is 6.56. The molecular formula is C23H29ClN2O3S. The highest BCUT2D eigenvalue weighted by molar-refractivity contribution is 7.11. The van der Waals surface area contributed by atoms with E-state index in [9.17, 15) is 9.59 Å². The quantitative estimate of drug-likeness (QED) is 0.539. The average molecular weight is 449 g/mol. The van der Waals surface area contributed by atoms with Crippen LogP contribution in [0.4, 0.5) is 0 Å². The number of benzene rings is 1. The Bertz CT molecular complexity index is 834. The molecule has 0 N–H and O–H groups in total. The van der Waals surface area contributed by atoms with E-state index in [0.29, 0.717) is 26.2 Å². The van der Waals surface area contributed by atoms with Crippen molar-refractivity contribution in [1.82, 2.24) is 9.80 Å². The van der Waals surface area contributed by atoms with Crippen LogP contribution in [0.15, 0.2) is 42.5 Å². The van der Waals surface area contributed by atoms with Gasteiger partial charge in [0.15, 0.2) is 0 Å². The Labute approximate surface area is 187 Å². The molecule has 0 bridgehead atoms. The van der Waals surface area contributed by atoms with Crippen LogP contribution in [-0.2, 0) is 27.4 Å². The number of nitrogens with zero attached hydrogens (tertiary/aromatic N) is 2. The van der Waals surface area contributed by atoms with Gasteiger partial charge in [-0.3, -0.25) is 9.59 Å². The van der Waals surface area contributed by atoms with Crippen molar-refractivity contribution in [3.8, 4) is 0 Å². The Morgan fingerprint density at radius 1 is 1.17 bits per heavy atom. The third-order valence-electron chi connectivity index (χ3n) is 5.14. The maximum Gasteiger partial charge on any atom is 0.242 e. The van der Waals surface area contributed by atoms with Gasteiger partial charge in [0.2, 0.25) is 11.8 Å². The van der Waals surface area contributed by atoms with Crippen LogP contribution in [0.25, 0.3) is 0 Å². The Morgan fingerprint density at radius 2 is 1.93 bits per heavy atom. The first kappa shape index (κ1) is 22.8. The van der Waals surface area contributed by atoms with Crippen molar-refractivity contribution in [1.29, 1.82) is 0 Å². The van der Waals surface area contributed by atoms with Crippen molar-refractivity contribution in [3.05, 3.63) is 57.8 Å². The Morgan fingerprint density at radius 3 is 2.53 bits per heavy atom. The lowest BCUT2D eigenvalue weighted by Gasteiger charge is -2.29. The summed E-state index contributed by atoms with van der Waals surface area (Å²) in [5, 5.41) is -0.679. The maximum atomic E-state index is 13.3. The van der Waals surface area contributed by atoms with Crippen molar-refractivity contribution in [3.63, 3.8) is 0 Å². The van der Waals surface area contributed by atoms with Crippen molar-refractivity contribution < 1.29 is 14.3 Å². The molecule has 3 rings (SSSR count). The van der Waals surface area contributed by atoms with Gasteiger partial charge >= 0.3 is 0 Å². The molecule has 162 valence electrons. The number of hydrogen-bond acceptors (Lipinski definition) is 4. The Balaban J connectivity index is 1.75. The lowest BCUT2D eigenvalue weighted by molar-refractivity contribution is -0.142. The second-order valence-corrected chi connectivity index (χ2v) is 9.74. The number of carbonyl (C=O) groups excluding carboxylic acids is 2. The van der Waals surface area contributed by atoms with E-state index in [0.717, 1.165) is 23.3 Å². The van der Waals surface area contributed by atoms with Gasteiger partial charge < -0.3 is 14.5 Å². The molecular weight excluding hydrogens is 420 g/mol. The zero-order valence-electron chi connectivity index (χ0n) is 17.6. The minimum absolute atomic E-state index is 0.00689. The highest BCUT2D eigenvalue weighted by Gasteiger charge is 2.28. The molecule has 30 heavy (non-hydrogen) atoms. The molecule has 1 aliphatic heterocycles. The molecule has 1 fully saturated rings. The summed E-state index contributed by atoms with van der Waals surface area (Å²) < 4.78 is 5.69. The van der Waals surface area contributed by atoms with Crippen LogP contribution < -0.4 is 0 Å². The molecule has 7 heteroatoms. The summed E-state index contributed by atoms with van der Waals surface area (Å²) >= 11 is 7.76. The number of rotatable bonds is 9. The Hall–Kier alpha value is -1.89. The van der Waals surface area contributed by atoms with Crippen LogP contribution in [-0.4, -0.2) is 52.8 Å². The van der Waals surface area contributed by atoms with Gasteiger partial charge in [-0.25, -0.2) is 0 Å². The molecule has 0 saturated carbocycles. The molecule has 0 aliphatic carbocycles. The molecule has 2 atom stereocenters.